The van der Waals surface area contributed by atoms with Crippen molar-refractivity contribution >= 4 is 39.0 Å². The highest BCUT2D eigenvalue weighted by Gasteiger charge is 2.23. The molecule has 0 aliphatic heterocycles. The maximum Gasteiger partial charge on any atom is 0.136 e. The highest BCUT2D eigenvalue weighted by atomic mass is 16.3. The van der Waals surface area contributed by atoms with Crippen molar-refractivity contribution in [1.82, 2.24) is 0 Å². The van der Waals surface area contributed by atoms with E-state index in [0.717, 1.165) is 72.4 Å². The predicted octanol–water partition coefficient (Wildman–Crippen LogP) is 18.7. The molecule has 1 aromatic heterocycles. The Morgan fingerprint density at radius 1 is 0.221 bits per heavy atom. The molecule has 2 heteroatoms. The first-order valence-corrected chi connectivity index (χ1v) is 23.2. The number of nitrogens with zero attached hydrogens (tertiary/aromatic N) is 1. The molecule has 0 N–H and O–H groups in total. The number of furan rings is 1. The molecule has 0 saturated heterocycles. The van der Waals surface area contributed by atoms with Crippen molar-refractivity contribution in [1.29, 1.82) is 0 Å². The minimum absolute atomic E-state index is 0.863. The third-order valence-electron chi connectivity index (χ3n) is 13.1. The Bertz CT molecular complexity index is 3470. The molecule has 0 radical (unpaired) electrons. The van der Waals surface area contributed by atoms with E-state index in [1.165, 1.54) is 44.5 Å². The second-order valence-corrected chi connectivity index (χ2v) is 17.3. The van der Waals surface area contributed by atoms with E-state index in [1.54, 1.807) is 0 Å². The zero-order chi connectivity index (χ0) is 45.2. The number of hydrogen-bond donors (Lipinski definition) is 0. The molecule has 12 rings (SSSR count). The minimum atomic E-state index is 0.863. The molecule has 0 fully saturated rings. The van der Waals surface area contributed by atoms with Crippen LogP contribution in [0.3, 0.4) is 0 Å². The van der Waals surface area contributed by atoms with E-state index in [2.05, 4.69) is 272 Å². The number of benzene rings is 11. The number of fused-ring (bicyclic) bond motifs is 3. The molecule has 0 bridgehead atoms. The van der Waals surface area contributed by atoms with Crippen molar-refractivity contribution < 1.29 is 4.42 Å². The van der Waals surface area contributed by atoms with E-state index in [9.17, 15) is 0 Å². The molecule has 320 valence electrons. The summed E-state index contributed by atoms with van der Waals surface area (Å²) in [5, 5.41) is 2.22. The summed E-state index contributed by atoms with van der Waals surface area (Å²) in [4.78, 5) is 2.40. The van der Waals surface area contributed by atoms with Crippen molar-refractivity contribution in [2.24, 2.45) is 0 Å². The summed E-state index contributed by atoms with van der Waals surface area (Å²) < 4.78 is 6.59. The third kappa shape index (κ3) is 7.85. The second kappa shape index (κ2) is 17.8. The molecule has 0 unspecified atom stereocenters. The van der Waals surface area contributed by atoms with Crippen LogP contribution in [0.5, 0.6) is 0 Å². The summed E-state index contributed by atoms with van der Waals surface area (Å²) in [6.45, 7) is 0. The van der Waals surface area contributed by atoms with Crippen LogP contribution in [0.2, 0.25) is 0 Å². The fourth-order valence-corrected chi connectivity index (χ4v) is 9.66. The number of anilines is 3. The Morgan fingerprint density at radius 3 is 0.971 bits per heavy atom. The van der Waals surface area contributed by atoms with Gasteiger partial charge in [-0.3, -0.25) is 0 Å². The average molecular weight is 868 g/mol. The molecule has 0 spiro atoms. The molecular weight excluding hydrogens is 823 g/mol. The van der Waals surface area contributed by atoms with E-state index in [0.29, 0.717) is 0 Å². The minimum Gasteiger partial charge on any atom is -0.456 e. The van der Waals surface area contributed by atoms with E-state index < -0.39 is 0 Å². The summed E-state index contributed by atoms with van der Waals surface area (Å²) in [5.74, 6) is 0. The lowest BCUT2D eigenvalue weighted by molar-refractivity contribution is 0.669. The summed E-state index contributed by atoms with van der Waals surface area (Å²) >= 11 is 0. The van der Waals surface area contributed by atoms with Crippen LogP contribution < -0.4 is 4.90 Å². The molecule has 0 aliphatic rings. The van der Waals surface area contributed by atoms with Crippen LogP contribution in [0.15, 0.2) is 277 Å². The van der Waals surface area contributed by atoms with Gasteiger partial charge in [-0.1, -0.05) is 218 Å². The topological polar surface area (TPSA) is 16.4 Å². The quantitative estimate of drug-likeness (QED) is 0.136. The van der Waals surface area contributed by atoms with Gasteiger partial charge in [-0.05, 0) is 132 Å². The summed E-state index contributed by atoms with van der Waals surface area (Å²) in [5.41, 5.74) is 21.0. The molecular formula is C66H45NO. The van der Waals surface area contributed by atoms with Crippen LogP contribution in [-0.4, -0.2) is 0 Å². The fourth-order valence-electron chi connectivity index (χ4n) is 9.66. The summed E-state index contributed by atoms with van der Waals surface area (Å²) in [6, 6.07) is 98.3. The van der Waals surface area contributed by atoms with Crippen LogP contribution >= 0.6 is 0 Å². The summed E-state index contributed by atoms with van der Waals surface area (Å²) in [6.07, 6.45) is 0. The largest absolute Gasteiger partial charge is 0.456 e. The number of rotatable bonds is 10. The van der Waals surface area contributed by atoms with Gasteiger partial charge in [-0.15, -0.1) is 0 Å². The molecule has 0 atom stereocenters. The fraction of sp³-hybridized carbons (Fsp3) is 0. The van der Waals surface area contributed by atoms with Crippen LogP contribution in [0.1, 0.15) is 0 Å². The highest BCUT2D eigenvalue weighted by molar-refractivity contribution is 6.07. The van der Waals surface area contributed by atoms with Crippen LogP contribution in [0.4, 0.5) is 17.1 Å². The number of para-hydroxylation sites is 1. The first kappa shape index (κ1) is 40.5. The monoisotopic (exact) mass is 867 g/mol. The van der Waals surface area contributed by atoms with Crippen molar-refractivity contribution in [3.8, 4) is 77.9 Å². The van der Waals surface area contributed by atoms with Gasteiger partial charge in [-0.25, -0.2) is 0 Å². The van der Waals surface area contributed by atoms with Gasteiger partial charge in [0.25, 0.3) is 0 Å². The Balaban J connectivity index is 1.11. The molecule has 0 saturated carbocycles. The lowest BCUT2D eigenvalue weighted by Crippen LogP contribution is -2.11. The normalized spacial score (nSPS) is 11.2. The number of hydrogen-bond acceptors (Lipinski definition) is 2. The molecule has 2 nitrogen and oxygen atoms in total. The maximum atomic E-state index is 6.59. The van der Waals surface area contributed by atoms with Gasteiger partial charge >= 0.3 is 0 Å². The zero-order valence-corrected chi connectivity index (χ0v) is 37.3. The Labute approximate surface area is 397 Å². The lowest BCUT2D eigenvalue weighted by atomic mass is 9.85. The van der Waals surface area contributed by atoms with Gasteiger partial charge < -0.3 is 9.32 Å². The first-order chi connectivity index (χ1) is 33.7. The van der Waals surface area contributed by atoms with Crippen molar-refractivity contribution in [2.75, 3.05) is 4.90 Å². The van der Waals surface area contributed by atoms with Gasteiger partial charge in [0.15, 0.2) is 0 Å². The van der Waals surface area contributed by atoms with Gasteiger partial charge in [0.1, 0.15) is 11.2 Å². The van der Waals surface area contributed by atoms with Gasteiger partial charge in [-0.2, -0.15) is 0 Å². The van der Waals surface area contributed by atoms with E-state index in [4.69, 9.17) is 4.42 Å². The van der Waals surface area contributed by atoms with Gasteiger partial charge in [0, 0.05) is 27.8 Å². The van der Waals surface area contributed by atoms with Crippen LogP contribution in [-0.2, 0) is 0 Å². The van der Waals surface area contributed by atoms with Gasteiger partial charge in [0.2, 0.25) is 0 Å². The van der Waals surface area contributed by atoms with Crippen molar-refractivity contribution in [3.05, 3.63) is 273 Å². The third-order valence-corrected chi connectivity index (χ3v) is 13.1. The Hall–Kier alpha value is -8.98. The average Bonchev–Trinajstić information content (AvgIpc) is 3.80. The first-order valence-electron chi connectivity index (χ1n) is 23.2. The Kier molecular flexibility index (Phi) is 10.6. The lowest BCUT2D eigenvalue weighted by Gasteiger charge is -2.29. The van der Waals surface area contributed by atoms with Crippen LogP contribution in [0, 0.1) is 0 Å². The van der Waals surface area contributed by atoms with E-state index in [-0.39, 0.29) is 0 Å². The van der Waals surface area contributed by atoms with E-state index in [1.807, 2.05) is 6.07 Å². The predicted molar refractivity (Wildman–Crippen MR) is 286 cm³/mol. The van der Waals surface area contributed by atoms with Crippen molar-refractivity contribution in [2.45, 2.75) is 0 Å². The maximum absolute atomic E-state index is 6.59. The zero-order valence-electron chi connectivity index (χ0n) is 37.3. The second-order valence-electron chi connectivity index (χ2n) is 17.3. The van der Waals surface area contributed by atoms with E-state index >= 15 is 0 Å². The Morgan fingerprint density at radius 2 is 0.544 bits per heavy atom. The molecule has 1 heterocycles. The molecule has 12 aromatic rings. The van der Waals surface area contributed by atoms with Crippen molar-refractivity contribution in [3.63, 3.8) is 0 Å². The molecule has 0 aliphatic carbocycles. The molecule has 68 heavy (non-hydrogen) atoms. The molecule has 0 amide bonds. The highest BCUT2D eigenvalue weighted by Crippen LogP contribution is 2.48. The smallest absolute Gasteiger partial charge is 0.136 e. The van der Waals surface area contributed by atoms with Gasteiger partial charge in [0.05, 0.1) is 0 Å². The standard InChI is InChI=1S/C66H45NO/c1-5-15-46(16-6-1)50-25-29-54(30-26-50)62-44-59(67(57-38-33-52(34-39-57)48-19-9-3-10-20-48)58-40-35-53(36-41-58)49-21-11-4-12-22-49)45-63(55-31-27-51(28-32-55)47-17-7-2-8-18-47)66(62)56-37-42-61-60-23-13-14-24-64(60)68-65(61)43-56/h1-45H. The van der Waals surface area contributed by atoms with Crippen LogP contribution in [0.25, 0.3) is 99.8 Å². The SMILES string of the molecule is c1ccc(-c2ccc(-c3cc(N(c4ccc(-c5ccccc5)cc4)c4ccc(-c5ccccc5)cc4)cc(-c4ccc(-c5ccccc5)cc4)c3-c3ccc4c(c3)oc3ccccc34)cc2)cc1. The summed E-state index contributed by atoms with van der Waals surface area (Å²) in [7, 11) is 0. The molecule has 11 aromatic carbocycles.